The largest absolute Gasteiger partial charge is 1.00 e. The van der Waals surface area contributed by atoms with Gasteiger partial charge in [0.15, 0.2) is 0 Å². The summed E-state index contributed by atoms with van der Waals surface area (Å²) in [6.07, 6.45) is 0. The molecule has 1 aliphatic heterocycles. The molecule has 0 bridgehead atoms. The van der Waals surface area contributed by atoms with Gasteiger partial charge in [-0.3, -0.25) is 0 Å². The van der Waals surface area contributed by atoms with Gasteiger partial charge in [0.2, 0.25) is 0 Å². The maximum atomic E-state index is 4.32. The van der Waals surface area contributed by atoms with E-state index in [1.54, 1.807) is 0 Å². The molecule has 0 spiro atoms. The molecule has 1 heterocycles. The van der Waals surface area contributed by atoms with Crippen molar-refractivity contribution in [3.05, 3.63) is 42.1 Å². The van der Waals surface area contributed by atoms with E-state index < -0.39 is 0 Å². The molecular formula is C9H9Li2N. The van der Waals surface area contributed by atoms with Gasteiger partial charge in [0.1, 0.15) is 0 Å². The van der Waals surface area contributed by atoms with E-state index in [-0.39, 0.29) is 37.7 Å². The normalized spacial score (nSPS) is 18.2. The molecular weight excluding hydrogens is 136 g/mol. The van der Waals surface area contributed by atoms with E-state index in [0.717, 1.165) is 12.2 Å². The van der Waals surface area contributed by atoms with E-state index in [9.17, 15) is 0 Å². The van der Waals surface area contributed by atoms with Crippen molar-refractivity contribution in [2.75, 3.05) is 6.54 Å². The van der Waals surface area contributed by atoms with Crippen molar-refractivity contribution in [2.45, 2.75) is 5.92 Å². The van der Waals surface area contributed by atoms with E-state index in [4.69, 9.17) is 0 Å². The predicted molar refractivity (Wildman–Crippen MR) is 42.4 cm³/mol. The monoisotopic (exact) mass is 145 g/mol. The molecule has 1 aromatic carbocycles. The van der Waals surface area contributed by atoms with Crippen LogP contribution in [0.2, 0.25) is 0 Å². The minimum Gasteiger partial charge on any atom is -0.686 e. The van der Waals surface area contributed by atoms with Crippen molar-refractivity contribution < 1.29 is 37.7 Å². The summed E-state index contributed by atoms with van der Waals surface area (Å²) in [6, 6.07) is 8.20. The van der Waals surface area contributed by atoms with Crippen molar-refractivity contribution in [1.29, 1.82) is 0 Å². The van der Waals surface area contributed by atoms with Crippen molar-refractivity contribution in [1.82, 2.24) is 0 Å². The molecule has 1 atom stereocenters. The molecule has 0 radical (unpaired) electrons. The van der Waals surface area contributed by atoms with E-state index in [0.29, 0.717) is 5.92 Å². The van der Waals surface area contributed by atoms with Gasteiger partial charge in [-0.05, 0) is 0 Å². The molecule has 12 heavy (non-hydrogen) atoms. The van der Waals surface area contributed by atoms with Crippen molar-refractivity contribution >= 4 is 5.69 Å². The molecule has 0 saturated carbocycles. The number of hydrogen-bond donors (Lipinski definition) is 0. The summed E-state index contributed by atoms with van der Waals surface area (Å²) in [6.45, 7) is 4.85. The summed E-state index contributed by atoms with van der Waals surface area (Å²) >= 11 is 0. The Morgan fingerprint density at radius 3 is 2.58 bits per heavy atom. The summed E-state index contributed by atoms with van der Waals surface area (Å²) in [5.74, 6) is 0.385. The smallest absolute Gasteiger partial charge is 0.686 e. The molecule has 0 saturated heterocycles. The molecule has 0 aromatic heterocycles. The van der Waals surface area contributed by atoms with Crippen LogP contribution in [-0.4, -0.2) is 6.54 Å². The van der Waals surface area contributed by atoms with Crippen molar-refractivity contribution in [3.63, 3.8) is 0 Å². The topological polar surface area (TPSA) is 14.1 Å². The SMILES string of the molecule is [CH2-]C1C[N-]c2ccccc21.[Li+].[Li+]. The Labute approximate surface area is 97.7 Å². The Morgan fingerprint density at radius 2 is 1.92 bits per heavy atom. The zero-order chi connectivity index (χ0) is 6.97. The minimum atomic E-state index is 0. The molecule has 2 rings (SSSR count). The quantitative estimate of drug-likeness (QED) is 0.267. The Morgan fingerprint density at radius 1 is 1.25 bits per heavy atom. The fourth-order valence-electron chi connectivity index (χ4n) is 1.28. The van der Waals surface area contributed by atoms with Gasteiger partial charge in [-0.15, -0.1) is 5.69 Å². The zero-order valence-electron chi connectivity index (χ0n) is 7.75. The summed E-state index contributed by atoms with van der Waals surface area (Å²) in [4.78, 5) is 0. The molecule has 0 aliphatic carbocycles. The second kappa shape index (κ2) is 5.05. The third-order valence-electron chi connectivity index (χ3n) is 1.86. The Kier molecular flexibility index (Phi) is 5.15. The second-order valence-corrected chi connectivity index (χ2v) is 2.60. The van der Waals surface area contributed by atoms with Gasteiger partial charge in [-0.25, -0.2) is 0 Å². The first-order chi connectivity index (χ1) is 4.88. The molecule has 0 fully saturated rings. The van der Waals surface area contributed by atoms with Gasteiger partial charge in [0, 0.05) is 0 Å². The average molecular weight is 145 g/mol. The third-order valence-corrected chi connectivity index (χ3v) is 1.86. The zero-order valence-corrected chi connectivity index (χ0v) is 7.75. The Hall–Kier alpha value is 0.215. The standard InChI is InChI=1S/C9H9N.2Li/c1-7-6-10-9-5-3-2-4-8(7)9;;/h2-5,7H,1,6H2;;/q-2;2*+1. The second-order valence-electron chi connectivity index (χ2n) is 2.60. The number of nitrogens with zero attached hydrogens (tertiary/aromatic N) is 1. The van der Waals surface area contributed by atoms with Crippen LogP contribution in [0, 0.1) is 6.92 Å². The first-order valence-electron chi connectivity index (χ1n) is 3.47. The van der Waals surface area contributed by atoms with Crippen LogP contribution in [0.3, 0.4) is 0 Å². The first kappa shape index (κ1) is 12.2. The van der Waals surface area contributed by atoms with Crippen LogP contribution in [-0.2, 0) is 0 Å². The minimum absolute atomic E-state index is 0. The molecule has 1 nitrogen and oxygen atoms in total. The summed E-state index contributed by atoms with van der Waals surface area (Å²) in [5.41, 5.74) is 2.42. The van der Waals surface area contributed by atoms with E-state index in [1.807, 2.05) is 18.2 Å². The fraction of sp³-hybridized carbons (Fsp3) is 0.222. The van der Waals surface area contributed by atoms with Gasteiger partial charge in [0.25, 0.3) is 0 Å². The van der Waals surface area contributed by atoms with Crippen LogP contribution < -0.4 is 37.7 Å². The molecule has 0 amide bonds. The molecule has 3 heteroatoms. The van der Waals surface area contributed by atoms with Crippen LogP contribution in [0.5, 0.6) is 0 Å². The summed E-state index contributed by atoms with van der Waals surface area (Å²) in [5, 5.41) is 4.32. The van der Waals surface area contributed by atoms with Gasteiger partial charge in [0.05, 0.1) is 0 Å². The first-order valence-corrected chi connectivity index (χ1v) is 3.47. The summed E-state index contributed by atoms with van der Waals surface area (Å²) in [7, 11) is 0. The number of rotatable bonds is 0. The summed E-state index contributed by atoms with van der Waals surface area (Å²) < 4.78 is 0. The molecule has 1 aliphatic rings. The third kappa shape index (κ3) is 2.12. The van der Waals surface area contributed by atoms with E-state index in [2.05, 4.69) is 18.3 Å². The number of benzene rings is 1. The van der Waals surface area contributed by atoms with Crippen LogP contribution in [0.4, 0.5) is 5.69 Å². The maximum absolute atomic E-state index is 4.32. The van der Waals surface area contributed by atoms with Crippen LogP contribution in [0.15, 0.2) is 24.3 Å². The number of para-hydroxylation sites is 1. The van der Waals surface area contributed by atoms with Gasteiger partial charge in [-0.2, -0.15) is 12.5 Å². The molecule has 1 unspecified atom stereocenters. The van der Waals surface area contributed by atoms with Crippen LogP contribution in [0.1, 0.15) is 11.5 Å². The van der Waals surface area contributed by atoms with Crippen LogP contribution in [0.25, 0.3) is 5.32 Å². The van der Waals surface area contributed by atoms with Gasteiger partial charge in [-0.1, -0.05) is 29.8 Å². The van der Waals surface area contributed by atoms with E-state index in [1.165, 1.54) is 5.56 Å². The maximum Gasteiger partial charge on any atom is 1.00 e. The van der Waals surface area contributed by atoms with Crippen molar-refractivity contribution in [2.24, 2.45) is 0 Å². The fourth-order valence-corrected chi connectivity index (χ4v) is 1.28. The predicted octanol–water partition coefficient (Wildman–Crippen LogP) is -3.37. The Bertz CT molecular complexity index is 250. The van der Waals surface area contributed by atoms with E-state index >= 15 is 0 Å². The van der Waals surface area contributed by atoms with Gasteiger partial charge >= 0.3 is 37.7 Å². The van der Waals surface area contributed by atoms with Gasteiger partial charge < -0.3 is 12.2 Å². The average Bonchev–Trinajstić information content (AvgIpc) is 2.34. The number of fused-ring (bicyclic) bond motifs is 1. The Balaban J connectivity index is 0.000000605. The van der Waals surface area contributed by atoms with Crippen molar-refractivity contribution in [3.8, 4) is 0 Å². The number of hydrogen-bond acceptors (Lipinski definition) is 0. The molecule has 0 N–H and O–H groups in total. The molecule has 52 valence electrons. The molecule has 1 aromatic rings. The van der Waals surface area contributed by atoms with Crippen LogP contribution >= 0.6 is 0 Å².